The summed E-state index contributed by atoms with van der Waals surface area (Å²) in [5, 5.41) is 14.7. The van der Waals surface area contributed by atoms with Crippen molar-refractivity contribution in [3.8, 4) is 0 Å². The van der Waals surface area contributed by atoms with Crippen molar-refractivity contribution in [1.29, 1.82) is 0 Å². The van der Waals surface area contributed by atoms with Gasteiger partial charge in [0.1, 0.15) is 23.5 Å². The molecule has 0 spiro atoms. The largest absolute Gasteiger partial charge is 0.480 e. The van der Waals surface area contributed by atoms with Crippen LogP contribution in [0.5, 0.6) is 0 Å². The van der Waals surface area contributed by atoms with E-state index < -0.39 is 40.7 Å². The minimum atomic E-state index is -1.11. The summed E-state index contributed by atoms with van der Waals surface area (Å²) >= 11 is 1.55. The zero-order valence-electron chi connectivity index (χ0n) is 19.9. The predicted octanol–water partition coefficient (Wildman–Crippen LogP) is 2.79. The third-order valence-electron chi connectivity index (χ3n) is 6.57. The van der Waals surface area contributed by atoms with Gasteiger partial charge in [0.2, 0.25) is 11.8 Å². The normalized spacial score (nSPS) is 23.5. The summed E-state index contributed by atoms with van der Waals surface area (Å²) in [6.45, 7) is 11.0. The molecule has 0 aliphatic carbocycles. The summed E-state index contributed by atoms with van der Waals surface area (Å²) < 4.78 is -0.573. The smallest absolute Gasteiger partial charge is 0.326 e. The molecule has 0 unspecified atom stereocenters. The number of aliphatic carboxylic acids is 1. The molecule has 0 radical (unpaired) electrons. The highest BCUT2D eigenvalue weighted by Crippen LogP contribution is 2.56. The van der Waals surface area contributed by atoms with Gasteiger partial charge >= 0.3 is 5.97 Å². The molecular formula is C24H33N3O5S. The number of carboxylic acids is 1. The van der Waals surface area contributed by atoms with E-state index in [1.807, 2.05) is 32.9 Å². The van der Waals surface area contributed by atoms with Crippen molar-refractivity contribution >= 4 is 35.5 Å². The Hall–Kier alpha value is -2.55. The third kappa shape index (κ3) is 4.60. The second-order valence-corrected chi connectivity index (χ2v) is 11.5. The van der Waals surface area contributed by atoms with E-state index in [9.17, 15) is 24.3 Å². The van der Waals surface area contributed by atoms with E-state index in [1.165, 1.54) is 0 Å². The summed E-state index contributed by atoms with van der Waals surface area (Å²) in [5.74, 6) is -2.80. The third-order valence-corrected chi connectivity index (χ3v) is 8.10. The lowest BCUT2D eigenvalue weighted by molar-refractivity contribution is -0.144. The van der Waals surface area contributed by atoms with Gasteiger partial charge in [0.15, 0.2) is 0 Å². The molecule has 0 saturated carbocycles. The van der Waals surface area contributed by atoms with Crippen LogP contribution in [0.4, 0.5) is 0 Å². The standard InChI is InChI=1S/C24H33N3O5S/c1-7-13(4)17(23(31)32)26-19(28)16(12(2)3)25-20(29)18-24(5,6)33-22-15-11-9-8-10-14(15)21(30)27(18)22/h8-13,16-18,22H,7H2,1-6H3,(H,25,29)(H,26,28)(H,31,32)/t13-,16-,17-,18+,22+/m0/s1. The summed E-state index contributed by atoms with van der Waals surface area (Å²) in [6.07, 6.45) is 0.586. The fraction of sp³-hybridized carbons (Fsp3) is 0.583. The number of benzene rings is 1. The SMILES string of the molecule is CC[C@H](C)[C@H](NC(=O)[C@@H](NC(=O)[C@H]1N2C(=O)c3ccccc3[C@H]2SC1(C)C)C(C)C)C(=O)O. The fourth-order valence-electron chi connectivity index (χ4n) is 4.50. The lowest BCUT2D eigenvalue weighted by Gasteiger charge is -2.32. The number of rotatable bonds is 8. The van der Waals surface area contributed by atoms with Crippen LogP contribution in [0, 0.1) is 11.8 Å². The zero-order chi connectivity index (χ0) is 24.7. The molecule has 1 aromatic rings. The predicted molar refractivity (Wildman–Crippen MR) is 127 cm³/mol. The van der Waals surface area contributed by atoms with Crippen LogP contribution in [0.25, 0.3) is 0 Å². The zero-order valence-corrected chi connectivity index (χ0v) is 20.7. The number of fused-ring (bicyclic) bond motifs is 3. The van der Waals surface area contributed by atoms with E-state index in [-0.39, 0.29) is 23.1 Å². The van der Waals surface area contributed by atoms with E-state index in [2.05, 4.69) is 10.6 Å². The van der Waals surface area contributed by atoms with Gasteiger partial charge in [0, 0.05) is 10.3 Å². The summed E-state index contributed by atoms with van der Waals surface area (Å²) in [5.41, 5.74) is 1.49. The molecule has 2 heterocycles. The number of hydrogen-bond donors (Lipinski definition) is 3. The number of amides is 3. The van der Waals surface area contributed by atoms with E-state index in [4.69, 9.17) is 0 Å². The highest BCUT2D eigenvalue weighted by molar-refractivity contribution is 8.01. The van der Waals surface area contributed by atoms with E-state index in [0.717, 1.165) is 5.56 Å². The van der Waals surface area contributed by atoms with Crippen molar-refractivity contribution in [2.24, 2.45) is 11.8 Å². The molecule has 1 saturated heterocycles. The van der Waals surface area contributed by atoms with Crippen LogP contribution in [0.15, 0.2) is 24.3 Å². The lowest BCUT2D eigenvalue weighted by Crippen LogP contribution is -2.60. The summed E-state index contributed by atoms with van der Waals surface area (Å²) in [4.78, 5) is 53.0. The first-order valence-corrected chi connectivity index (χ1v) is 12.2. The molecule has 180 valence electrons. The van der Waals surface area contributed by atoms with Gasteiger partial charge in [0.25, 0.3) is 5.91 Å². The van der Waals surface area contributed by atoms with Gasteiger partial charge in [-0.05, 0) is 37.3 Å². The molecule has 2 aliphatic rings. The molecule has 9 heteroatoms. The minimum absolute atomic E-state index is 0.193. The van der Waals surface area contributed by atoms with Gasteiger partial charge in [-0.15, -0.1) is 11.8 Å². The maximum atomic E-state index is 13.5. The van der Waals surface area contributed by atoms with Gasteiger partial charge in [0.05, 0.1) is 0 Å². The molecule has 2 aliphatic heterocycles. The van der Waals surface area contributed by atoms with E-state index in [0.29, 0.717) is 12.0 Å². The molecule has 1 aromatic carbocycles. The van der Waals surface area contributed by atoms with Crippen LogP contribution in [0.1, 0.15) is 69.3 Å². The monoisotopic (exact) mass is 475 g/mol. The molecule has 33 heavy (non-hydrogen) atoms. The van der Waals surface area contributed by atoms with Crippen LogP contribution >= 0.6 is 11.8 Å². The number of carbonyl (C=O) groups excluding carboxylic acids is 3. The first-order chi connectivity index (χ1) is 15.4. The van der Waals surface area contributed by atoms with Crippen LogP contribution in [-0.2, 0) is 14.4 Å². The number of hydrogen-bond acceptors (Lipinski definition) is 5. The molecule has 3 rings (SSSR count). The Labute approximate surface area is 198 Å². The number of nitrogens with zero attached hydrogens (tertiary/aromatic N) is 1. The van der Waals surface area contributed by atoms with Crippen molar-refractivity contribution in [3.05, 3.63) is 35.4 Å². The van der Waals surface area contributed by atoms with Crippen molar-refractivity contribution < 1.29 is 24.3 Å². The van der Waals surface area contributed by atoms with Gasteiger partial charge in [-0.2, -0.15) is 0 Å². The number of carboxylic acid groups (broad SMARTS) is 1. The van der Waals surface area contributed by atoms with Crippen LogP contribution in [0.2, 0.25) is 0 Å². The molecule has 0 bridgehead atoms. The highest BCUT2D eigenvalue weighted by atomic mass is 32.2. The van der Waals surface area contributed by atoms with Crippen LogP contribution < -0.4 is 10.6 Å². The molecule has 8 nitrogen and oxygen atoms in total. The van der Waals surface area contributed by atoms with E-state index >= 15 is 0 Å². The Morgan fingerprint density at radius 2 is 1.76 bits per heavy atom. The molecule has 1 fully saturated rings. The second-order valence-electron chi connectivity index (χ2n) is 9.72. The molecule has 3 N–H and O–H groups in total. The average Bonchev–Trinajstić information content (AvgIpc) is 3.18. The Kier molecular flexibility index (Phi) is 7.12. The molecular weight excluding hydrogens is 442 g/mol. The van der Waals surface area contributed by atoms with Crippen molar-refractivity contribution in [1.82, 2.24) is 15.5 Å². The van der Waals surface area contributed by atoms with E-state index in [1.54, 1.807) is 49.6 Å². The number of carbonyl (C=O) groups is 4. The summed E-state index contributed by atoms with van der Waals surface area (Å²) in [6, 6.07) is 4.62. The van der Waals surface area contributed by atoms with Gasteiger partial charge < -0.3 is 20.6 Å². The van der Waals surface area contributed by atoms with Crippen LogP contribution in [-0.4, -0.2) is 56.6 Å². The number of nitrogens with one attached hydrogen (secondary N) is 2. The Bertz CT molecular complexity index is 963. The molecule has 0 aromatic heterocycles. The quantitative estimate of drug-likeness (QED) is 0.533. The second kappa shape index (κ2) is 9.37. The first-order valence-electron chi connectivity index (χ1n) is 11.3. The molecule has 3 amide bonds. The maximum absolute atomic E-state index is 13.5. The van der Waals surface area contributed by atoms with Gasteiger partial charge in [-0.3, -0.25) is 14.4 Å². The Morgan fingerprint density at radius 3 is 2.33 bits per heavy atom. The maximum Gasteiger partial charge on any atom is 0.326 e. The fourth-order valence-corrected chi connectivity index (χ4v) is 6.09. The van der Waals surface area contributed by atoms with Crippen molar-refractivity contribution in [2.75, 3.05) is 0 Å². The minimum Gasteiger partial charge on any atom is -0.480 e. The van der Waals surface area contributed by atoms with Crippen molar-refractivity contribution in [2.45, 2.75) is 76.2 Å². The van der Waals surface area contributed by atoms with Gasteiger partial charge in [-0.25, -0.2) is 4.79 Å². The Morgan fingerprint density at radius 1 is 1.12 bits per heavy atom. The first kappa shape index (κ1) is 25.1. The molecule has 5 atom stereocenters. The topological polar surface area (TPSA) is 116 Å². The summed E-state index contributed by atoms with van der Waals surface area (Å²) in [7, 11) is 0. The van der Waals surface area contributed by atoms with Crippen molar-refractivity contribution in [3.63, 3.8) is 0 Å². The lowest BCUT2D eigenvalue weighted by atomic mass is 9.96. The van der Waals surface area contributed by atoms with Gasteiger partial charge in [-0.1, -0.05) is 52.3 Å². The van der Waals surface area contributed by atoms with Crippen LogP contribution in [0.3, 0.4) is 0 Å². The highest BCUT2D eigenvalue weighted by Gasteiger charge is 2.57. The number of thioether (sulfide) groups is 1. The average molecular weight is 476 g/mol. The Balaban J connectivity index is 1.82.